The summed E-state index contributed by atoms with van der Waals surface area (Å²) in [6, 6.07) is 23.8. The van der Waals surface area contributed by atoms with Crippen LogP contribution in [0.5, 0.6) is 0 Å². The van der Waals surface area contributed by atoms with E-state index < -0.39 is 0 Å². The summed E-state index contributed by atoms with van der Waals surface area (Å²) in [6.45, 7) is 16.5. The molecule has 3 aromatic rings. The molecule has 2 saturated carbocycles. The third-order valence-corrected chi connectivity index (χ3v) is 11.9. The van der Waals surface area contributed by atoms with Crippen molar-refractivity contribution >= 4 is 0 Å². The number of hydrogen-bond acceptors (Lipinski definition) is 0. The molecular formula is C44H62. The Kier molecular flexibility index (Phi) is 11.1. The molecular weight excluding hydrogens is 528 g/mol. The highest BCUT2D eigenvalue weighted by molar-refractivity contribution is 5.43. The summed E-state index contributed by atoms with van der Waals surface area (Å²) >= 11 is 0. The van der Waals surface area contributed by atoms with Crippen LogP contribution in [-0.2, 0) is 24.7 Å². The molecule has 0 N–H and O–H groups in total. The Balaban J connectivity index is 1.21. The molecule has 0 radical (unpaired) electrons. The van der Waals surface area contributed by atoms with Crippen LogP contribution in [0.4, 0.5) is 0 Å². The van der Waals surface area contributed by atoms with E-state index in [4.69, 9.17) is 0 Å². The van der Waals surface area contributed by atoms with Crippen molar-refractivity contribution in [1.29, 1.82) is 0 Å². The molecule has 2 aliphatic carbocycles. The second-order valence-corrected chi connectivity index (χ2v) is 16.0. The first-order chi connectivity index (χ1) is 21.2. The lowest BCUT2D eigenvalue weighted by atomic mass is 9.66. The molecule has 5 rings (SSSR count). The van der Waals surface area contributed by atoms with Gasteiger partial charge in [0.15, 0.2) is 0 Å². The van der Waals surface area contributed by atoms with Gasteiger partial charge in [0.25, 0.3) is 0 Å². The number of hydrogen-bond donors (Lipinski definition) is 0. The van der Waals surface area contributed by atoms with E-state index in [0.717, 1.165) is 48.9 Å². The van der Waals surface area contributed by atoms with Gasteiger partial charge < -0.3 is 0 Å². The van der Waals surface area contributed by atoms with E-state index in [1.165, 1.54) is 97.6 Å². The quantitative estimate of drug-likeness (QED) is 0.220. The minimum absolute atomic E-state index is 0.158. The molecule has 3 aromatic carbocycles. The highest BCUT2D eigenvalue weighted by atomic mass is 14.4. The smallest absolute Gasteiger partial charge is 0.00201 e. The molecule has 238 valence electrons. The highest BCUT2D eigenvalue weighted by Crippen LogP contribution is 2.45. The lowest BCUT2D eigenvalue weighted by molar-refractivity contribution is 0.136. The first-order valence-electron chi connectivity index (χ1n) is 18.4. The SMILES string of the molecule is CCCC(C)C1CCC(C2CCC(c3ccc(Cc4ccc(C)c(Cc5ccccc5C(C)(C)C)c4)c(CC)c3)CC2)CC1. The normalized spacial score (nSPS) is 23.4. The van der Waals surface area contributed by atoms with Crippen molar-refractivity contribution in [3.8, 4) is 0 Å². The van der Waals surface area contributed by atoms with Crippen LogP contribution in [0.2, 0.25) is 0 Å². The zero-order valence-corrected chi connectivity index (χ0v) is 29.4. The average molecular weight is 591 g/mol. The maximum absolute atomic E-state index is 2.59. The molecule has 0 bridgehead atoms. The van der Waals surface area contributed by atoms with E-state index in [2.05, 4.69) is 109 Å². The topological polar surface area (TPSA) is 0 Å². The fourth-order valence-corrected chi connectivity index (χ4v) is 9.06. The molecule has 0 aromatic heterocycles. The lowest BCUT2D eigenvalue weighted by Crippen LogP contribution is -2.27. The molecule has 1 atom stereocenters. The summed E-state index contributed by atoms with van der Waals surface area (Å²) in [4.78, 5) is 0. The van der Waals surface area contributed by atoms with Gasteiger partial charge in [-0.1, -0.05) is 115 Å². The van der Waals surface area contributed by atoms with Crippen molar-refractivity contribution in [3.63, 3.8) is 0 Å². The maximum atomic E-state index is 2.59. The fraction of sp³-hybridized carbons (Fsp3) is 0.591. The first-order valence-corrected chi connectivity index (χ1v) is 18.4. The molecule has 44 heavy (non-hydrogen) atoms. The predicted octanol–water partition coefficient (Wildman–Crippen LogP) is 12.6. The number of rotatable bonds is 10. The van der Waals surface area contributed by atoms with Crippen LogP contribution >= 0.6 is 0 Å². The molecule has 0 aliphatic heterocycles. The van der Waals surface area contributed by atoms with Crippen molar-refractivity contribution in [3.05, 3.63) is 105 Å². The van der Waals surface area contributed by atoms with Crippen LogP contribution in [0.15, 0.2) is 60.7 Å². The molecule has 0 spiro atoms. The predicted molar refractivity (Wildman–Crippen MR) is 192 cm³/mol. The third-order valence-electron chi connectivity index (χ3n) is 11.9. The number of aryl methyl sites for hydroxylation is 2. The van der Waals surface area contributed by atoms with Crippen molar-refractivity contribution in [2.24, 2.45) is 23.7 Å². The Morgan fingerprint density at radius 2 is 1.36 bits per heavy atom. The minimum Gasteiger partial charge on any atom is -0.0654 e. The Labute approximate surface area is 271 Å². The van der Waals surface area contributed by atoms with E-state index >= 15 is 0 Å². The lowest BCUT2D eigenvalue weighted by Gasteiger charge is -2.39. The van der Waals surface area contributed by atoms with Crippen LogP contribution in [-0.4, -0.2) is 0 Å². The summed E-state index contributed by atoms with van der Waals surface area (Å²) in [7, 11) is 0. The van der Waals surface area contributed by atoms with Crippen LogP contribution < -0.4 is 0 Å². The van der Waals surface area contributed by atoms with E-state index in [0.29, 0.717) is 0 Å². The third kappa shape index (κ3) is 8.08. The van der Waals surface area contributed by atoms with Gasteiger partial charge in [0.05, 0.1) is 0 Å². The Bertz CT molecular complexity index is 1340. The van der Waals surface area contributed by atoms with Crippen LogP contribution in [0.1, 0.15) is 156 Å². The van der Waals surface area contributed by atoms with Crippen LogP contribution in [0, 0.1) is 30.6 Å². The van der Waals surface area contributed by atoms with E-state index in [9.17, 15) is 0 Å². The van der Waals surface area contributed by atoms with Gasteiger partial charge >= 0.3 is 0 Å². The van der Waals surface area contributed by atoms with Gasteiger partial charge in [-0.05, 0) is 157 Å². The molecule has 0 heterocycles. The van der Waals surface area contributed by atoms with Gasteiger partial charge in [-0.25, -0.2) is 0 Å². The van der Waals surface area contributed by atoms with E-state index in [-0.39, 0.29) is 5.41 Å². The van der Waals surface area contributed by atoms with Gasteiger partial charge in [-0.2, -0.15) is 0 Å². The first kappa shape index (κ1) is 33.0. The zero-order valence-electron chi connectivity index (χ0n) is 29.4. The Hall–Kier alpha value is -2.34. The molecule has 1 unspecified atom stereocenters. The summed E-state index contributed by atoms with van der Waals surface area (Å²) in [6.07, 6.45) is 17.7. The monoisotopic (exact) mass is 590 g/mol. The van der Waals surface area contributed by atoms with Crippen molar-refractivity contribution < 1.29 is 0 Å². The van der Waals surface area contributed by atoms with E-state index in [1.807, 2.05) is 0 Å². The van der Waals surface area contributed by atoms with Gasteiger partial charge in [-0.15, -0.1) is 0 Å². The molecule has 2 aliphatic rings. The molecule has 0 heteroatoms. The second-order valence-electron chi connectivity index (χ2n) is 16.0. The zero-order chi connectivity index (χ0) is 31.3. The van der Waals surface area contributed by atoms with Gasteiger partial charge in [0, 0.05) is 0 Å². The summed E-state index contributed by atoms with van der Waals surface area (Å²) in [5.74, 6) is 4.71. The fourth-order valence-electron chi connectivity index (χ4n) is 9.06. The van der Waals surface area contributed by atoms with Gasteiger partial charge in [0.2, 0.25) is 0 Å². The maximum Gasteiger partial charge on any atom is -0.00201 e. The van der Waals surface area contributed by atoms with Crippen LogP contribution in [0.3, 0.4) is 0 Å². The Morgan fingerprint density at radius 3 is 2.02 bits per heavy atom. The second kappa shape index (κ2) is 14.8. The largest absolute Gasteiger partial charge is 0.0654 e. The highest BCUT2D eigenvalue weighted by Gasteiger charge is 2.32. The van der Waals surface area contributed by atoms with Crippen molar-refractivity contribution in [1.82, 2.24) is 0 Å². The molecule has 2 fully saturated rings. The molecule has 0 amide bonds. The Morgan fingerprint density at radius 1 is 0.682 bits per heavy atom. The minimum atomic E-state index is 0.158. The van der Waals surface area contributed by atoms with Crippen molar-refractivity contribution in [2.45, 2.75) is 143 Å². The average Bonchev–Trinajstić information content (AvgIpc) is 3.03. The number of benzene rings is 3. The summed E-state index contributed by atoms with van der Waals surface area (Å²) in [5, 5.41) is 0. The standard InChI is InChI=1S/C44H62/c1-8-12-31(3)35-17-19-36(20-18-35)37-21-23-38(24-22-37)40-26-25-39(34(9-2)29-40)27-33-16-15-32(4)42(28-33)30-41-13-10-11-14-43(41)44(5,6)7/h10-11,13-16,25-26,28-29,31,35-38H,8-9,12,17-24,27,30H2,1-7H3. The van der Waals surface area contributed by atoms with E-state index in [1.54, 1.807) is 11.1 Å². The van der Waals surface area contributed by atoms with Gasteiger partial charge in [0.1, 0.15) is 0 Å². The van der Waals surface area contributed by atoms with Crippen molar-refractivity contribution in [2.75, 3.05) is 0 Å². The van der Waals surface area contributed by atoms with Crippen LogP contribution in [0.25, 0.3) is 0 Å². The summed E-state index contributed by atoms with van der Waals surface area (Å²) in [5.41, 5.74) is 12.1. The van der Waals surface area contributed by atoms with Gasteiger partial charge in [-0.3, -0.25) is 0 Å². The molecule has 0 saturated heterocycles. The molecule has 0 nitrogen and oxygen atoms in total. The summed E-state index contributed by atoms with van der Waals surface area (Å²) < 4.78 is 0.